The first kappa shape index (κ1) is 22.5. The summed E-state index contributed by atoms with van der Waals surface area (Å²) in [6.45, 7) is 3.77. The topological polar surface area (TPSA) is 42.0 Å². The van der Waals surface area contributed by atoms with E-state index in [4.69, 9.17) is 9.47 Å². The third kappa shape index (κ3) is 4.95. The molecule has 1 unspecified atom stereocenters. The van der Waals surface area contributed by atoms with Crippen LogP contribution in [0.25, 0.3) is 0 Å². The van der Waals surface area contributed by atoms with E-state index >= 15 is 0 Å². The highest BCUT2D eigenvalue weighted by Crippen LogP contribution is 2.33. The standard InChI is InChI=1S/C29H32N2O3/c1-33-27-12-5-6-13-28(27)34-25-11-7-8-22(20-25)21-30-17-14-24(15-18-30)31-19-16-26(29(31)32)23-9-3-2-4-10-23/h2-13,20,24,26H,14-19,21H2,1H3. The van der Waals surface area contributed by atoms with E-state index in [0.717, 1.165) is 62.5 Å². The first-order chi connectivity index (χ1) is 16.7. The third-order valence-corrected chi connectivity index (χ3v) is 7.04. The molecule has 5 rings (SSSR count). The van der Waals surface area contributed by atoms with Crippen LogP contribution < -0.4 is 9.47 Å². The second-order valence-electron chi connectivity index (χ2n) is 9.19. The zero-order valence-corrected chi connectivity index (χ0v) is 19.7. The van der Waals surface area contributed by atoms with Crippen LogP contribution >= 0.6 is 0 Å². The van der Waals surface area contributed by atoms with Crippen molar-refractivity contribution in [1.29, 1.82) is 0 Å². The monoisotopic (exact) mass is 456 g/mol. The van der Waals surface area contributed by atoms with Crippen LogP contribution in [0.15, 0.2) is 78.9 Å². The second kappa shape index (κ2) is 10.3. The summed E-state index contributed by atoms with van der Waals surface area (Å²) in [4.78, 5) is 17.7. The van der Waals surface area contributed by atoms with Crippen molar-refractivity contribution >= 4 is 5.91 Å². The summed E-state index contributed by atoms with van der Waals surface area (Å²) in [5.41, 5.74) is 2.38. The number of rotatable bonds is 7. The van der Waals surface area contributed by atoms with Crippen LogP contribution in [0.1, 0.15) is 36.3 Å². The molecular formula is C29H32N2O3. The van der Waals surface area contributed by atoms with Gasteiger partial charge in [0.25, 0.3) is 0 Å². The number of hydrogen-bond acceptors (Lipinski definition) is 4. The molecule has 5 nitrogen and oxygen atoms in total. The maximum atomic E-state index is 13.1. The maximum Gasteiger partial charge on any atom is 0.230 e. The molecule has 2 aliphatic heterocycles. The maximum absolute atomic E-state index is 13.1. The van der Waals surface area contributed by atoms with Crippen LogP contribution in [-0.2, 0) is 11.3 Å². The lowest BCUT2D eigenvalue weighted by molar-refractivity contribution is -0.131. The molecule has 0 radical (unpaired) electrons. The molecule has 1 amide bonds. The van der Waals surface area contributed by atoms with E-state index in [0.29, 0.717) is 17.7 Å². The summed E-state index contributed by atoms with van der Waals surface area (Å²) in [6, 6.07) is 26.6. The van der Waals surface area contributed by atoms with Crippen LogP contribution in [0.3, 0.4) is 0 Å². The van der Waals surface area contributed by atoms with Gasteiger partial charge in [-0.05, 0) is 54.7 Å². The molecule has 176 valence electrons. The first-order valence-electron chi connectivity index (χ1n) is 12.2. The Hall–Kier alpha value is -3.31. The number of carbonyl (C=O) groups is 1. The Kier molecular flexibility index (Phi) is 6.82. The van der Waals surface area contributed by atoms with E-state index in [-0.39, 0.29) is 5.92 Å². The summed E-state index contributed by atoms with van der Waals surface area (Å²) in [7, 11) is 1.65. The number of hydrogen-bond donors (Lipinski definition) is 0. The zero-order valence-electron chi connectivity index (χ0n) is 19.7. The van der Waals surface area contributed by atoms with Gasteiger partial charge in [-0.25, -0.2) is 0 Å². The minimum absolute atomic E-state index is 0.0326. The molecule has 0 saturated carbocycles. The Morgan fingerprint density at radius 1 is 0.824 bits per heavy atom. The number of piperidine rings is 1. The van der Waals surface area contributed by atoms with Gasteiger partial charge < -0.3 is 14.4 Å². The number of para-hydroxylation sites is 2. The SMILES string of the molecule is COc1ccccc1Oc1cccc(CN2CCC(N3CCC(c4ccccc4)C3=O)CC2)c1. The summed E-state index contributed by atoms with van der Waals surface area (Å²) in [5.74, 6) is 2.59. The van der Waals surface area contributed by atoms with Crippen LogP contribution in [0.4, 0.5) is 0 Å². The van der Waals surface area contributed by atoms with Crippen molar-refractivity contribution in [3.63, 3.8) is 0 Å². The van der Waals surface area contributed by atoms with Gasteiger partial charge in [0.1, 0.15) is 5.75 Å². The largest absolute Gasteiger partial charge is 0.493 e. The van der Waals surface area contributed by atoms with Crippen LogP contribution in [0.5, 0.6) is 17.2 Å². The normalized spacial score (nSPS) is 19.4. The molecular weight excluding hydrogens is 424 g/mol. The number of carbonyl (C=O) groups excluding carboxylic acids is 1. The van der Waals surface area contributed by atoms with Crippen molar-refractivity contribution in [3.8, 4) is 17.2 Å². The number of benzene rings is 3. The summed E-state index contributed by atoms with van der Waals surface area (Å²) < 4.78 is 11.5. The first-order valence-corrected chi connectivity index (χ1v) is 12.2. The fourth-order valence-corrected chi connectivity index (χ4v) is 5.24. The minimum Gasteiger partial charge on any atom is -0.493 e. The van der Waals surface area contributed by atoms with Crippen molar-refractivity contribution in [1.82, 2.24) is 9.80 Å². The van der Waals surface area contributed by atoms with Crippen molar-refractivity contribution < 1.29 is 14.3 Å². The van der Waals surface area contributed by atoms with Gasteiger partial charge in [-0.1, -0.05) is 54.6 Å². The molecule has 0 aromatic heterocycles. The fourth-order valence-electron chi connectivity index (χ4n) is 5.24. The predicted octanol–water partition coefficient (Wildman–Crippen LogP) is 5.47. The highest BCUT2D eigenvalue weighted by molar-refractivity contribution is 5.86. The smallest absolute Gasteiger partial charge is 0.230 e. The summed E-state index contributed by atoms with van der Waals surface area (Å²) in [6.07, 6.45) is 3.00. The van der Waals surface area contributed by atoms with Gasteiger partial charge in [0.15, 0.2) is 11.5 Å². The Morgan fingerprint density at radius 3 is 2.32 bits per heavy atom. The van der Waals surface area contributed by atoms with Crippen molar-refractivity contribution in [3.05, 3.63) is 90.0 Å². The average Bonchev–Trinajstić information content (AvgIpc) is 3.27. The predicted molar refractivity (Wildman–Crippen MR) is 133 cm³/mol. The van der Waals surface area contributed by atoms with Crippen molar-refractivity contribution in [2.75, 3.05) is 26.7 Å². The molecule has 3 aromatic rings. The lowest BCUT2D eigenvalue weighted by Gasteiger charge is -2.37. The highest BCUT2D eigenvalue weighted by Gasteiger charge is 2.37. The summed E-state index contributed by atoms with van der Waals surface area (Å²) >= 11 is 0. The van der Waals surface area contributed by atoms with Crippen LogP contribution in [0.2, 0.25) is 0 Å². The quantitative estimate of drug-likeness (QED) is 0.473. The number of ether oxygens (including phenoxy) is 2. The number of amides is 1. The number of methoxy groups -OCH3 is 1. The molecule has 3 aromatic carbocycles. The molecule has 0 spiro atoms. The van der Waals surface area contributed by atoms with E-state index in [1.807, 2.05) is 54.6 Å². The van der Waals surface area contributed by atoms with Crippen molar-refractivity contribution in [2.45, 2.75) is 37.8 Å². The van der Waals surface area contributed by atoms with Gasteiger partial charge in [0.2, 0.25) is 5.91 Å². The Bertz CT molecular complexity index is 1110. The van der Waals surface area contributed by atoms with Gasteiger partial charge in [0, 0.05) is 32.2 Å². The van der Waals surface area contributed by atoms with Gasteiger partial charge >= 0.3 is 0 Å². The number of likely N-dealkylation sites (tertiary alicyclic amines) is 2. The molecule has 34 heavy (non-hydrogen) atoms. The Morgan fingerprint density at radius 2 is 1.56 bits per heavy atom. The number of nitrogens with zero attached hydrogens (tertiary/aromatic N) is 2. The lowest BCUT2D eigenvalue weighted by atomic mass is 9.97. The van der Waals surface area contributed by atoms with Crippen LogP contribution in [-0.4, -0.2) is 48.5 Å². The van der Waals surface area contributed by atoms with Gasteiger partial charge in [-0.15, -0.1) is 0 Å². The molecule has 2 heterocycles. The molecule has 5 heteroatoms. The van der Waals surface area contributed by atoms with Gasteiger partial charge in [0.05, 0.1) is 13.0 Å². The molecule has 0 aliphatic carbocycles. The molecule has 2 fully saturated rings. The van der Waals surface area contributed by atoms with E-state index in [1.165, 1.54) is 5.56 Å². The Balaban J connectivity index is 1.16. The van der Waals surface area contributed by atoms with Crippen molar-refractivity contribution in [2.24, 2.45) is 0 Å². The summed E-state index contributed by atoms with van der Waals surface area (Å²) in [5, 5.41) is 0. The fraction of sp³-hybridized carbons (Fsp3) is 0.345. The van der Waals surface area contributed by atoms with E-state index < -0.39 is 0 Å². The zero-order chi connectivity index (χ0) is 23.3. The average molecular weight is 457 g/mol. The van der Waals surface area contributed by atoms with Crippen LogP contribution in [0, 0.1) is 0 Å². The highest BCUT2D eigenvalue weighted by atomic mass is 16.5. The molecule has 2 saturated heterocycles. The Labute approximate surface area is 201 Å². The molecule has 0 bridgehead atoms. The molecule has 1 atom stereocenters. The minimum atomic E-state index is 0.0326. The molecule has 2 aliphatic rings. The van der Waals surface area contributed by atoms with E-state index in [2.05, 4.69) is 34.1 Å². The molecule has 0 N–H and O–H groups in total. The van der Waals surface area contributed by atoms with E-state index in [9.17, 15) is 4.79 Å². The van der Waals surface area contributed by atoms with Gasteiger partial charge in [-0.2, -0.15) is 0 Å². The third-order valence-electron chi connectivity index (χ3n) is 7.04. The second-order valence-corrected chi connectivity index (χ2v) is 9.19. The lowest BCUT2D eigenvalue weighted by Crippen LogP contribution is -2.45. The van der Waals surface area contributed by atoms with E-state index in [1.54, 1.807) is 7.11 Å². The van der Waals surface area contributed by atoms with Gasteiger partial charge in [-0.3, -0.25) is 9.69 Å².